The monoisotopic (exact) mass is 286 g/mol. The summed E-state index contributed by atoms with van der Waals surface area (Å²) in [5, 5.41) is 3.88. The largest absolute Gasteiger partial charge is 0.399 e. The van der Waals surface area contributed by atoms with Crippen LogP contribution in [0.15, 0.2) is 53.9 Å². The second-order valence-electron chi connectivity index (χ2n) is 3.94. The van der Waals surface area contributed by atoms with Gasteiger partial charge in [0.25, 0.3) is 0 Å². The second kappa shape index (κ2) is 7.98. The maximum absolute atomic E-state index is 4.75. The highest BCUT2D eigenvalue weighted by atomic mass is 35.5. The Bertz CT molecular complexity index is 642. The third-order valence-electron chi connectivity index (χ3n) is 2.51. The molecule has 0 atom stereocenters. The van der Waals surface area contributed by atoms with Crippen LogP contribution in [0, 0.1) is 11.8 Å². The van der Waals surface area contributed by atoms with Crippen molar-refractivity contribution in [1.29, 1.82) is 0 Å². The molecule has 0 aliphatic rings. The summed E-state index contributed by atoms with van der Waals surface area (Å²) in [6, 6.07) is 11.8. The summed E-state index contributed by atoms with van der Waals surface area (Å²) in [4.78, 5) is 8.91. The van der Waals surface area contributed by atoms with Gasteiger partial charge in [0, 0.05) is 29.1 Å². The lowest BCUT2D eigenvalue weighted by atomic mass is 10.1. The molecule has 0 unspecified atom stereocenters. The Hall–Kier alpha value is -2.31. The summed E-state index contributed by atoms with van der Waals surface area (Å²) in [6.45, 7) is 1.87. The number of hydrogen-bond donors (Lipinski definition) is 0. The van der Waals surface area contributed by atoms with Gasteiger partial charge in [0.1, 0.15) is 7.11 Å². The maximum Gasteiger partial charge on any atom is 0.106 e. The van der Waals surface area contributed by atoms with Crippen molar-refractivity contribution in [3.05, 3.63) is 65.5 Å². The lowest BCUT2D eigenvalue weighted by Crippen LogP contribution is -1.97. The van der Waals surface area contributed by atoms with E-state index >= 15 is 0 Å². The number of oxime groups is 1. The van der Waals surface area contributed by atoms with Crippen LogP contribution >= 0.6 is 12.4 Å². The fraction of sp³-hybridized carbons (Fsp3) is 0.125. The predicted octanol–water partition coefficient (Wildman–Crippen LogP) is 3.27. The molecular weight excluding hydrogens is 272 g/mol. The van der Waals surface area contributed by atoms with E-state index in [1.54, 1.807) is 12.4 Å². The van der Waals surface area contributed by atoms with Crippen LogP contribution in [0.4, 0.5) is 0 Å². The molecule has 0 aliphatic carbocycles. The molecule has 4 heteroatoms. The third-order valence-corrected chi connectivity index (χ3v) is 2.51. The molecule has 3 nitrogen and oxygen atoms in total. The summed E-state index contributed by atoms with van der Waals surface area (Å²) in [7, 11) is 1.52. The maximum atomic E-state index is 4.75. The molecule has 0 aliphatic heterocycles. The number of halogens is 1. The van der Waals surface area contributed by atoms with Crippen molar-refractivity contribution in [2.24, 2.45) is 5.16 Å². The topological polar surface area (TPSA) is 34.5 Å². The van der Waals surface area contributed by atoms with Gasteiger partial charge in [-0.2, -0.15) is 0 Å². The van der Waals surface area contributed by atoms with E-state index in [0.717, 1.165) is 22.4 Å². The van der Waals surface area contributed by atoms with E-state index in [2.05, 4.69) is 22.0 Å². The standard InChI is InChI=1S/C16H14N2O.ClH/c1-13(18-19-2)16-10-15(11-17-12-16)9-8-14-6-4-3-5-7-14;/h3-7,10-12H,1-2H3;1H/b18-13+;. The Morgan fingerprint density at radius 3 is 2.50 bits per heavy atom. The lowest BCUT2D eigenvalue weighted by molar-refractivity contribution is 0.213. The Kier molecular flexibility index (Phi) is 6.28. The molecule has 0 N–H and O–H groups in total. The molecule has 0 amide bonds. The van der Waals surface area contributed by atoms with Gasteiger partial charge in [0.2, 0.25) is 0 Å². The summed E-state index contributed by atoms with van der Waals surface area (Å²) >= 11 is 0. The first kappa shape index (κ1) is 15.7. The fourth-order valence-electron chi connectivity index (χ4n) is 1.56. The first-order chi connectivity index (χ1) is 9.29. The van der Waals surface area contributed by atoms with Gasteiger partial charge in [-0.1, -0.05) is 35.2 Å². The van der Waals surface area contributed by atoms with Gasteiger partial charge in [-0.15, -0.1) is 12.4 Å². The molecule has 0 bridgehead atoms. The molecule has 20 heavy (non-hydrogen) atoms. The second-order valence-corrected chi connectivity index (χ2v) is 3.94. The van der Waals surface area contributed by atoms with E-state index in [9.17, 15) is 0 Å². The van der Waals surface area contributed by atoms with Crippen LogP contribution in [0.1, 0.15) is 23.6 Å². The van der Waals surface area contributed by atoms with E-state index in [1.165, 1.54) is 7.11 Å². The van der Waals surface area contributed by atoms with Crippen molar-refractivity contribution in [3.63, 3.8) is 0 Å². The van der Waals surface area contributed by atoms with Gasteiger partial charge >= 0.3 is 0 Å². The van der Waals surface area contributed by atoms with Crippen LogP contribution in [-0.4, -0.2) is 17.8 Å². The third kappa shape index (κ3) is 4.42. The predicted molar refractivity (Wildman–Crippen MR) is 83.1 cm³/mol. The van der Waals surface area contributed by atoms with E-state index < -0.39 is 0 Å². The Labute approximate surface area is 125 Å². The molecule has 2 aromatic rings. The smallest absolute Gasteiger partial charge is 0.106 e. The highest BCUT2D eigenvalue weighted by molar-refractivity contribution is 5.98. The van der Waals surface area contributed by atoms with Gasteiger partial charge in [0.15, 0.2) is 0 Å². The molecule has 0 fully saturated rings. The number of pyridine rings is 1. The van der Waals surface area contributed by atoms with Gasteiger partial charge in [-0.3, -0.25) is 4.98 Å². The summed E-state index contributed by atoms with van der Waals surface area (Å²) < 4.78 is 0. The molecule has 1 aromatic heterocycles. The summed E-state index contributed by atoms with van der Waals surface area (Å²) in [5.74, 6) is 6.19. The number of hydrogen-bond acceptors (Lipinski definition) is 3. The molecule has 0 saturated heterocycles. The van der Waals surface area contributed by atoms with Crippen LogP contribution in [0.2, 0.25) is 0 Å². The van der Waals surface area contributed by atoms with E-state index in [0.29, 0.717) is 0 Å². The Balaban J connectivity index is 0.00000200. The van der Waals surface area contributed by atoms with Crippen molar-refractivity contribution in [3.8, 4) is 11.8 Å². The molecule has 2 rings (SSSR count). The number of nitrogens with zero attached hydrogens (tertiary/aromatic N) is 2. The molecule has 0 radical (unpaired) electrons. The highest BCUT2D eigenvalue weighted by Gasteiger charge is 1.99. The minimum absolute atomic E-state index is 0. The van der Waals surface area contributed by atoms with Crippen molar-refractivity contribution >= 4 is 18.1 Å². The van der Waals surface area contributed by atoms with E-state index in [1.807, 2.05) is 43.3 Å². The zero-order valence-corrected chi connectivity index (χ0v) is 12.1. The van der Waals surface area contributed by atoms with Crippen LogP contribution in [0.5, 0.6) is 0 Å². The molecular formula is C16H15ClN2O. The quantitative estimate of drug-likeness (QED) is 0.482. The first-order valence-electron chi connectivity index (χ1n) is 5.90. The van der Waals surface area contributed by atoms with Gasteiger partial charge < -0.3 is 4.84 Å². The SMILES string of the molecule is CO/N=C(\C)c1cncc(C#Cc2ccccc2)c1.Cl. The van der Waals surface area contributed by atoms with Crippen LogP contribution in [0.3, 0.4) is 0 Å². The summed E-state index contributed by atoms with van der Waals surface area (Å²) in [5.41, 5.74) is 3.52. The molecule has 0 spiro atoms. The minimum atomic E-state index is 0. The normalized spacial score (nSPS) is 10.0. The van der Waals surface area contributed by atoms with E-state index in [-0.39, 0.29) is 12.4 Å². The number of aromatic nitrogens is 1. The first-order valence-corrected chi connectivity index (χ1v) is 5.90. The van der Waals surface area contributed by atoms with Crippen LogP contribution < -0.4 is 0 Å². The number of benzene rings is 1. The minimum Gasteiger partial charge on any atom is -0.399 e. The van der Waals surface area contributed by atoms with Crippen molar-refractivity contribution in [1.82, 2.24) is 4.98 Å². The summed E-state index contributed by atoms with van der Waals surface area (Å²) in [6.07, 6.45) is 3.48. The van der Waals surface area contributed by atoms with Crippen LogP contribution in [0.25, 0.3) is 0 Å². The van der Waals surface area contributed by atoms with Gasteiger partial charge in [0.05, 0.1) is 5.71 Å². The average molecular weight is 287 g/mol. The van der Waals surface area contributed by atoms with Crippen molar-refractivity contribution < 1.29 is 4.84 Å². The molecule has 1 heterocycles. The van der Waals surface area contributed by atoms with Crippen molar-refractivity contribution in [2.45, 2.75) is 6.92 Å². The van der Waals surface area contributed by atoms with Gasteiger partial charge in [-0.25, -0.2) is 0 Å². The lowest BCUT2D eigenvalue weighted by Gasteiger charge is -1.99. The zero-order valence-electron chi connectivity index (χ0n) is 11.3. The molecule has 0 saturated carbocycles. The van der Waals surface area contributed by atoms with Crippen LogP contribution in [-0.2, 0) is 4.84 Å². The fourth-order valence-corrected chi connectivity index (χ4v) is 1.56. The van der Waals surface area contributed by atoms with Crippen molar-refractivity contribution in [2.75, 3.05) is 7.11 Å². The number of rotatable bonds is 2. The highest BCUT2D eigenvalue weighted by Crippen LogP contribution is 2.04. The van der Waals surface area contributed by atoms with E-state index in [4.69, 9.17) is 4.84 Å². The molecule has 1 aromatic carbocycles. The zero-order chi connectivity index (χ0) is 13.5. The molecule has 102 valence electrons. The Morgan fingerprint density at radius 1 is 1.10 bits per heavy atom. The Morgan fingerprint density at radius 2 is 1.80 bits per heavy atom. The average Bonchev–Trinajstić information content (AvgIpc) is 2.47. The van der Waals surface area contributed by atoms with Gasteiger partial charge in [-0.05, 0) is 25.1 Å².